The van der Waals surface area contributed by atoms with Crippen LogP contribution in [0.4, 0.5) is 16.2 Å². The summed E-state index contributed by atoms with van der Waals surface area (Å²) >= 11 is 0. The Balaban J connectivity index is 1.33. The van der Waals surface area contributed by atoms with Gasteiger partial charge in [0.1, 0.15) is 34.6 Å². The van der Waals surface area contributed by atoms with E-state index in [-0.39, 0.29) is 17.5 Å². The SMILES string of the molecule is COc1ccc(NC(=O)Nc2cc3ccc(OC4CCN(C)CC4)c(C)c3oc2=O)cc1-c1cccc(O)c1. The highest BCUT2D eigenvalue weighted by atomic mass is 16.5. The first-order valence-corrected chi connectivity index (χ1v) is 12.8. The van der Waals surface area contributed by atoms with Gasteiger partial charge < -0.3 is 34.5 Å². The Kier molecular flexibility index (Phi) is 7.42. The van der Waals surface area contributed by atoms with E-state index >= 15 is 0 Å². The third-order valence-electron chi connectivity index (χ3n) is 6.92. The molecule has 1 saturated heterocycles. The first kappa shape index (κ1) is 26.1. The van der Waals surface area contributed by atoms with Crippen LogP contribution >= 0.6 is 0 Å². The Labute approximate surface area is 226 Å². The molecule has 4 aromatic rings. The minimum Gasteiger partial charge on any atom is -0.508 e. The van der Waals surface area contributed by atoms with Crippen molar-refractivity contribution in [3.63, 3.8) is 0 Å². The summed E-state index contributed by atoms with van der Waals surface area (Å²) < 4.78 is 17.3. The monoisotopic (exact) mass is 529 g/mol. The summed E-state index contributed by atoms with van der Waals surface area (Å²) in [5.74, 6) is 1.39. The number of urea groups is 1. The molecule has 0 bridgehead atoms. The molecule has 3 aromatic carbocycles. The van der Waals surface area contributed by atoms with Crippen LogP contribution in [0.1, 0.15) is 18.4 Å². The molecule has 202 valence electrons. The largest absolute Gasteiger partial charge is 0.508 e. The Morgan fingerprint density at radius 1 is 1.03 bits per heavy atom. The number of phenolic OH excluding ortho intramolecular Hbond substituents is 1. The smallest absolute Gasteiger partial charge is 0.360 e. The van der Waals surface area contributed by atoms with Crippen LogP contribution in [0.25, 0.3) is 22.1 Å². The highest BCUT2D eigenvalue weighted by Crippen LogP contribution is 2.34. The summed E-state index contributed by atoms with van der Waals surface area (Å²) in [4.78, 5) is 27.8. The van der Waals surface area contributed by atoms with Gasteiger partial charge in [0, 0.05) is 35.3 Å². The number of carbonyl (C=O) groups excluding carboxylic acids is 1. The Bertz CT molecular complexity index is 1570. The highest BCUT2D eigenvalue weighted by Gasteiger charge is 2.20. The van der Waals surface area contributed by atoms with Crippen LogP contribution in [0.5, 0.6) is 17.2 Å². The molecule has 39 heavy (non-hydrogen) atoms. The average molecular weight is 530 g/mol. The molecule has 0 atom stereocenters. The molecule has 0 spiro atoms. The number of aromatic hydroxyl groups is 1. The van der Waals surface area contributed by atoms with Crippen LogP contribution in [0.15, 0.2) is 69.9 Å². The molecule has 0 unspecified atom stereocenters. The number of phenols is 1. The second kappa shape index (κ2) is 11.1. The molecule has 2 amide bonds. The van der Waals surface area contributed by atoms with Crippen LogP contribution in [0.2, 0.25) is 0 Å². The number of benzene rings is 3. The zero-order valence-electron chi connectivity index (χ0n) is 22.1. The van der Waals surface area contributed by atoms with Gasteiger partial charge in [0.25, 0.3) is 0 Å². The number of nitrogens with one attached hydrogen (secondary N) is 2. The zero-order chi connectivity index (χ0) is 27.5. The van der Waals surface area contributed by atoms with Crippen molar-refractivity contribution < 1.29 is 23.8 Å². The molecule has 1 aliphatic heterocycles. The van der Waals surface area contributed by atoms with E-state index in [1.807, 2.05) is 25.1 Å². The Hall–Kier alpha value is -4.50. The van der Waals surface area contributed by atoms with Crippen molar-refractivity contribution in [3.05, 3.63) is 76.6 Å². The van der Waals surface area contributed by atoms with E-state index in [2.05, 4.69) is 22.6 Å². The lowest BCUT2D eigenvalue weighted by Crippen LogP contribution is -2.35. The number of aryl methyl sites for hydroxylation is 1. The number of anilines is 2. The van der Waals surface area contributed by atoms with E-state index in [1.165, 1.54) is 0 Å². The van der Waals surface area contributed by atoms with Gasteiger partial charge in [-0.3, -0.25) is 0 Å². The predicted molar refractivity (Wildman–Crippen MR) is 151 cm³/mol. The van der Waals surface area contributed by atoms with Gasteiger partial charge in [-0.05, 0) is 80.9 Å². The average Bonchev–Trinajstić information content (AvgIpc) is 2.92. The number of likely N-dealkylation sites (tertiary alicyclic amines) is 1. The molecular weight excluding hydrogens is 498 g/mol. The summed E-state index contributed by atoms with van der Waals surface area (Å²) in [6.45, 7) is 3.83. The number of piperidine rings is 1. The number of carbonyl (C=O) groups is 1. The third-order valence-corrected chi connectivity index (χ3v) is 6.92. The second-order valence-electron chi connectivity index (χ2n) is 9.72. The summed E-state index contributed by atoms with van der Waals surface area (Å²) in [6.07, 6.45) is 2.01. The summed E-state index contributed by atoms with van der Waals surface area (Å²) in [6, 6.07) is 16.5. The zero-order valence-corrected chi connectivity index (χ0v) is 22.1. The normalized spacial score (nSPS) is 14.2. The summed E-state index contributed by atoms with van der Waals surface area (Å²) in [7, 11) is 3.65. The number of amides is 2. The van der Waals surface area contributed by atoms with Crippen molar-refractivity contribution in [2.45, 2.75) is 25.9 Å². The van der Waals surface area contributed by atoms with Crippen LogP contribution in [0, 0.1) is 6.92 Å². The quantitative estimate of drug-likeness (QED) is 0.279. The summed E-state index contributed by atoms with van der Waals surface area (Å²) in [5.41, 5.74) is 2.42. The number of rotatable bonds is 6. The molecule has 0 radical (unpaired) electrons. The molecule has 1 aromatic heterocycles. The molecule has 2 heterocycles. The van der Waals surface area contributed by atoms with Crippen LogP contribution in [-0.4, -0.2) is 49.4 Å². The number of hydrogen-bond donors (Lipinski definition) is 3. The molecular formula is C30H31N3O6. The lowest BCUT2D eigenvalue weighted by atomic mass is 10.0. The number of methoxy groups -OCH3 is 1. The van der Waals surface area contributed by atoms with Crippen molar-refractivity contribution >= 4 is 28.4 Å². The fraction of sp³-hybridized carbons (Fsp3) is 0.267. The first-order chi connectivity index (χ1) is 18.8. The van der Waals surface area contributed by atoms with E-state index in [9.17, 15) is 14.7 Å². The molecule has 1 aliphatic rings. The predicted octanol–water partition coefficient (Wildman–Crippen LogP) is 5.60. The van der Waals surface area contributed by atoms with Crippen molar-refractivity contribution in [2.24, 2.45) is 0 Å². The van der Waals surface area contributed by atoms with Crippen molar-refractivity contribution in [1.29, 1.82) is 0 Å². The molecule has 0 aliphatic carbocycles. The number of hydrogen-bond acceptors (Lipinski definition) is 7. The van der Waals surface area contributed by atoms with E-state index in [4.69, 9.17) is 13.9 Å². The van der Waals surface area contributed by atoms with E-state index in [1.54, 1.807) is 49.6 Å². The van der Waals surface area contributed by atoms with E-state index < -0.39 is 11.7 Å². The molecule has 1 fully saturated rings. The maximum absolute atomic E-state index is 12.8. The second-order valence-corrected chi connectivity index (χ2v) is 9.72. The van der Waals surface area contributed by atoms with E-state index in [0.29, 0.717) is 33.7 Å². The van der Waals surface area contributed by atoms with Gasteiger partial charge in [-0.1, -0.05) is 12.1 Å². The van der Waals surface area contributed by atoms with Gasteiger partial charge in [-0.2, -0.15) is 0 Å². The minimum absolute atomic E-state index is 0.0186. The molecule has 3 N–H and O–H groups in total. The van der Waals surface area contributed by atoms with Gasteiger partial charge in [0.2, 0.25) is 0 Å². The lowest BCUT2D eigenvalue weighted by molar-refractivity contribution is 0.113. The van der Waals surface area contributed by atoms with Gasteiger partial charge in [-0.25, -0.2) is 9.59 Å². The van der Waals surface area contributed by atoms with Crippen LogP contribution in [0.3, 0.4) is 0 Å². The topological polar surface area (TPSA) is 113 Å². The maximum Gasteiger partial charge on any atom is 0.360 e. The molecule has 5 rings (SSSR count). The van der Waals surface area contributed by atoms with Crippen molar-refractivity contribution in [1.82, 2.24) is 4.90 Å². The standard InChI is InChI=1S/C30H31N3O6/c1-18-26(38-23-11-13-33(2)14-12-23)9-7-20-16-25(29(35)39-28(18)20)32-30(36)31-21-8-10-27(37-3)24(17-21)19-5-4-6-22(34)15-19/h4-10,15-17,23,34H,11-14H2,1-3H3,(H2,31,32,36). The van der Waals surface area contributed by atoms with Gasteiger partial charge in [-0.15, -0.1) is 0 Å². The Morgan fingerprint density at radius 3 is 2.54 bits per heavy atom. The van der Waals surface area contributed by atoms with Gasteiger partial charge in [0.05, 0.1) is 7.11 Å². The summed E-state index contributed by atoms with van der Waals surface area (Å²) in [5, 5.41) is 15.9. The van der Waals surface area contributed by atoms with Crippen molar-refractivity contribution in [2.75, 3.05) is 37.9 Å². The van der Waals surface area contributed by atoms with Crippen LogP contribution in [-0.2, 0) is 0 Å². The highest BCUT2D eigenvalue weighted by molar-refractivity contribution is 6.01. The molecule has 9 nitrogen and oxygen atoms in total. The first-order valence-electron chi connectivity index (χ1n) is 12.8. The third kappa shape index (κ3) is 5.83. The van der Waals surface area contributed by atoms with E-state index in [0.717, 1.165) is 37.1 Å². The van der Waals surface area contributed by atoms with Crippen molar-refractivity contribution in [3.8, 4) is 28.4 Å². The fourth-order valence-corrected chi connectivity index (χ4v) is 4.77. The van der Waals surface area contributed by atoms with Gasteiger partial charge in [0.15, 0.2) is 0 Å². The van der Waals surface area contributed by atoms with Crippen LogP contribution < -0.4 is 25.7 Å². The number of fused-ring (bicyclic) bond motifs is 1. The minimum atomic E-state index is -0.660. The molecule has 9 heteroatoms. The number of ether oxygens (including phenoxy) is 2. The fourth-order valence-electron chi connectivity index (χ4n) is 4.77. The Morgan fingerprint density at radius 2 is 1.79 bits per heavy atom. The number of nitrogens with zero attached hydrogens (tertiary/aromatic N) is 1. The maximum atomic E-state index is 12.8. The lowest BCUT2D eigenvalue weighted by Gasteiger charge is -2.29. The molecule has 0 saturated carbocycles. The van der Waals surface area contributed by atoms with Gasteiger partial charge >= 0.3 is 11.7 Å².